The van der Waals surface area contributed by atoms with Crippen LogP contribution in [0.4, 0.5) is 8.78 Å². The van der Waals surface area contributed by atoms with E-state index in [1.54, 1.807) is 0 Å². The summed E-state index contributed by atoms with van der Waals surface area (Å²) in [6.07, 6.45) is 0.416. The molecule has 100 valence electrons. The van der Waals surface area contributed by atoms with E-state index in [4.69, 9.17) is 5.73 Å². The summed E-state index contributed by atoms with van der Waals surface area (Å²) >= 11 is 0. The fourth-order valence-electron chi connectivity index (χ4n) is 2.15. The Morgan fingerprint density at radius 1 is 1.00 bits per heavy atom. The van der Waals surface area contributed by atoms with Gasteiger partial charge in [0.1, 0.15) is 11.6 Å². The zero-order valence-electron chi connectivity index (χ0n) is 11.1. The molecule has 0 radical (unpaired) electrons. The molecule has 0 saturated carbocycles. The normalized spacial score (nSPS) is 12.5. The largest absolute Gasteiger partial charge is 0.323 e. The lowest BCUT2D eigenvalue weighted by Gasteiger charge is -2.14. The average Bonchev–Trinajstić information content (AvgIpc) is 2.33. The van der Waals surface area contributed by atoms with Crippen molar-refractivity contribution < 1.29 is 8.78 Å². The third kappa shape index (κ3) is 2.99. The van der Waals surface area contributed by atoms with Crippen LogP contribution in [0.15, 0.2) is 36.4 Å². The van der Waals surface area contributed by atoms with Gasteiger partial charge in [-0.05, 0) is 49.1 Å². The van der Waals surface area contributed by atoms with Gasteiger partial charge in [0.2, 0.25) is 0 Å². The summed E-state index contributed by atoms with van der Waals surface area (Å²) in [4.78, 5) is 0. The van der Waals surface area contributed by atoms with Gasteiger partial charge in [0.15, 0.2) is 0 Å². The van der Waals surface area contributed by atoms with E-state index in [0.717, 1.165) is 11.1 Å². The summed E-state index contributed by atoms with van der Waals surface area (Å²) in [6.45, 7) is 4.03. The molecule has 0 spiro atoms. The first-order valence-corrected chi connectivity index (χ1v) is 6.24. The van der Waals surface area contributed by atoms with E-state index >= 15 is 0 Å². The van der Waals surface area contributed by atoms with E-state index in [1.165, 1.54) is 23.8 Å². The van der Waals surface area contributed by atoms with E-state index < -0.39 is 17.7 Å². The number of nitrogens with two attached hydrogens (primary N) is 1. The highest BCUT2D eigenvalue weighted by atomic mass is 19.1. The minimum atomic E-state index is -0.677. The molecular formula is C16H17F2N. The minimum Gasteiger partial charge on any atom is -0.323 e. The lowest BCUT2D eigenvalue weighted by atomic mass is 9.96. The fourth-order valence-corrected chi connectivity index (χ4v) is 2.15. The lowest BCUT2D eigenvalue weighted by molar-refractivity contribution is 0.524. The topological polar surface area (TPSA) is 26.0 Å². The van der Waals surface area contributed by atoms with Crippen LogP contribution in [0.25, 0.3) is 0 Å². The Hall–Kier alpha value is -1.74. The molecule has 0 bridgehead atoms. The van der Waals surface area contributed by atoms with Gasteiger partial charge in [-0.25, -0.2) is 8.78 Å². The van der Waals surface area contributed by atoms with Crippen LogP contribution in [0.2, 0.25) is 0 Å². The standard InChI is InChI=1S/C16H17F2N/c1-10-6-7-12(8-11(10)2)9-15(19)16-13(17)4-3-5-14(16)18/h3-8,15H,9,19H2,1-2H3. The highest BCUT2D eigenvalue weighted by molar-refractivity contribution is 5.32. The van der Waals surface area contributed by atoms with Gasteiger partial charge in [-0.1, -0.05) is 24.3 Å². The molecule has 3 heteroatoms. The van der Waals surface area contributed by atoms with E-state index in [1.807, 2.05) is 32.0 Å². The number of hydrogen-bond acceptors (Lipinski definition) is 1. The molecule has 2 rings (SSSR count). The Balaban J connectivity index is 2.25. The molecule has 0 aliphatic carbocycles. The average molecular weight is 261 g/mol. The molecule has 0 heterocycles. The Morgan fingerprint density at radius 3 is 2.21 bits per heavy atom. The summed E-state index contributed by atoms with van der Waals surface area (Å²) < 4.78 is 27.3. The molecule has 0 aromatic heterocycles. The molecule has 1 atom stereocenters. The van der Waals surface area contributed by atoms with Crippen LogP contribution in [0.1, 0.15) is 28.3 Å². The van der Waals surface area contributed by atoms with E-state index in [2.05, 4.69) is 0 Å². The Kier molecular flexibility index (Phi) is 3.96. The van der Waals surface area contributed by atoms with Crippen molar-refractivity contribution in [3.63, 3.8) is 0 Å². The Bertz CT molecular complexity index is 573. The maximum absolute atomic E-state index is 13.6. The Morgan fingerprint density at radius 2 is 1.63 bits per heavy atom. The maximum atomic E-state index is 13.6. The first-order valence-electron chi connectivity index (χ1n) is 6.24. The molecule has 2 aromatic rings. The predicted molar refractivity (Wildman–Crippen MR) is 72.9 cm³/mol. The van der Waals surface area contributed by atoms with Crippen LogP contribution in [-0.4, -0.2) is 0 Å². The molecule has 1 nitrogen and oxygen atoms in total. The summed E-state index contributed by atoms with van der Waals surface area (Å²) in [5.41, 5.74) is 9.22. The fraction of sp³-hybridized carbons (Fsp3) is 0.250. The van der Waals surface area contributed by atoms with Gasteiger partial charge >= 0.3 is 0 Å². The highest BCUT2D eigenvalue weighted by Crippen LogP contribution is 2.23. The van der Waals surface area contributed by atoms with Gasteiger partial charge in [0, 0.05) is 11.6 Å². The van der Waals surface area contributed by atoms with Crippen molar-refractivity contribution in [2.75, 3.05) is 0 Å². The van der Waals surface area contributed by atoms with Crippen molar-refractivity contribution >= 4 is 0 Å². The maximum Gasteiger partial charge on any atom is 0.130 e. The zero-order valence-corrected chi connectivity index (χ0v) is 11.1. The molecule has 0 amide bonds. The van der Waals surface area contributed by atoms with Crippen molar-refractivity contribution in [2.24, 2.45) is 5.73 Å². The predicted octanol–water partition coefficient (Wildman–Crippen LogP) is 3.82. The molecule has 1 unspecified atom stereocenters. The van der Waals surface area contributed by atoms with Crippen molar-refractivity contribution in [3.05, 3.63) is 70.3 Å². The first kappa shape index (κ1) is 13.7. The molecule has 2 N–H and O–H groups in total. The van der Waals surface area contributed by atoms with Crippen LogP contribution in [0.3, 0.4) is 0 Å². The van der Waals surface area contributed by atoms with Crippen LogP contribution >= 0.6 is 0 Å². The van der Waals surface area contributed by atoms with E-state index in [-0.39, 0.29) is 5.56 Å². The zero-order chi connectivity index (χ0) is 14.0. The summed E-state index contributed by atoms with van der Waals surface area (Å²) in [5, 5.41) is 0. The second-order valence-corrected chi connectivity index (χ2v) is 4.86. The quantitative estimate of drug-likeness (QED) is 0.893. The van der Waals surface area contributed by atoms with Crippen molar-refractivity contribution in [1.29, 1.82) is 0 Å². The second-order valence-electron chi connectivity index (χ2n) is 4.86. The number of aryl methyl sites for hydroxylation is 2. The number of hydrogen-bond donors (Lipinski definition) is 1. The molecule has 0 aliphatic heterocycles. The molecule has 0 saturated heterocycles. The van der Waals surface area contributed by atoms with Gasteiger partial charge in [0.25, 0.3) is 0 Å². The number of benzene rings is 2. The van der Waals surface area contributed by atoms with E-state index in [0.29, 0.717) is 6.42 Å². The SMILES string of the molecule is Cc1ccc(CC(N)c2c(F)cccc2F)cc1C. The van der Waals surface area contributed by atoms with E-state index in [9.17, 15) is 8.78 Å². The van der Waals surface area contributed by atoms with Gasteiger partial charge in [-0.15, -0.1) is 0 Å². The lowest BCUT2D eigenvalue weighted by Crippen LogP contribution is -2.17. The van der Waals surface area contributed by atoms with Gasteiger partial charge < -0.3 is 5.73 Å². The molecular weight excluding hydrogens is 244 g/mol. The summed E-state index contributed by atoms with van der Waals surface area (Å²) in [6, 6.07) is 9.08. The van der Waals surface area contributed by atoms with Crippen LogP contribution in [-0.2, 0) is 6.42 Å². The first-order chi connectivity index (χ1) is 8.99. The molecule has 2 aromatic carbocycles. The number of halogens is 2. The van der Waals surface area contributed by atoms with Crippen molar-refractivity contribution in [1.82, 2.24) is 0 Å². The van der Waals surface area contributed by atoms with Crippen LogP contribution in [0, 0.1) is 25.5 Å². The van der Waals surface area contributed by atoms with Gasteiger partial charge in [-0.3, -0.25) is 0 Å². The highest BCUT2D eigenvalue weighted by Gasteiger charge is 2.16. The minimum absolute atomic E-state index is 0.0410. The van der Waals surface area contributed by atoms with Crippen molar-refractivity contribution in [3.8, 4) is 0 Å². The van der Waals surface area contributed by atoms with Crippen LogP contribution < -0.4 is 5.73 Å². The summed E-state index contributed by atoms with van der Waals surface area (Å²) in [5.74, 6) is -1.17. The Labute approximate surface area is 112 Å². The number of rotatable bonds is 3. The smallest absolute Gasteiger partial charge is 0.130 e. The van der Waals surface area contributed by atoms with Crippen LogP contribution in [0.5, 0.6) is 0 Å². The third-order valence-electron chi connectivity index (χ3n) is 3.40. The van der Waals surface area contributed by atoms with Gasteiger partial charge in [-0.2, -0.15) is 0 Å². The third-order valence-corrected chi connectivity index (χ3v) is 3.40. The van der Waals surface area contributed by atoms with Crippen molar-refractivity contribution in [2.45, 2.75) is 26.3 Å². The van der Waals surface area contributed by atoms with Gasteiger partial charge in [0.05, 0.1) is 0 Å². The molecule has 0 fully saturated rings. The molecule has 0 aliphatic rings. The second kappa shape index (κ2) is 5.49. The monoisotopic (exact) mass is 261 g/mol. The summed E-state index contributed by atoms with van der Waals surface area (Å²) in [7, 11) is 0. The molecule has 19 heavy (non-hydrogen) atoms.